The van der Waals surface area contributed by atoms with Gasteiger partial charge in [-0.2, -0.15) is 0 Å². The number of nitrogens with one attached hydrogen (secondary N) is 1. The van der Waals surface area contributed by atoms with Gasteiger partial charge in [-0.25, -0.2) is 4.79 Å². The third kappa shape index (κ3) is 4.17. The summed E-state index contributed by atoms with van der Waals surface area (Å²) in [7, 11) is 0. The van der Waals surface area contributed by atoms with Gasteiger partial charge in [0.2, 0.25) is 5.91 Å². The second-order valence-corrected chi connectivity index (χ2v) is 7.49. The SMILES string of the molecule is CCOC(=O)c1c(C)c(-c2ccccc2)n(CC(=O)NCc2cccs2)c1C. The summed E-state index contributed by atoms with van der Waals surface area (Å²) in [6.45, 7) is 6.50. The van der Waals surface area contributed by atoms with Crippen molar-refractivity contribution >= 4 is 23.2 Å². The van der Waals surface area contributed by atoms with Gasteiger partial charge in [-0.15, -0.1) is 11.3 Å². The molecule has 3 aromatic rings. The standard InChI is InChI=1S/C22H24N2O3S/c1-4-27-22(26)20-15(2)21(17-9-6-5-7-10-17)24(16(20)3)14-19(25)23-13-18-11-8-12-28-18/h5-12H,4,13-14H2,1-3H3,(H,23,25). The van der Waals surface area contributed by atoms with E-state index in [4.69, 9.17) is 4.74 Å². The molecule has 0 fully saturated rings. The lowest BCUT2D eigenvalue weighted by Crippen LogP contribution is -2.27. The van der Waals surface area contributed by atoms with Crippen LogP contribution in [0.25, 0.3) is 11.3 Å². The number of hydrogen-bond donors (Lipinski definition) is 1. The zero-order chi connectivity index (χ0) is 20.1. The number of aromatic nitrogens is 1. The Balaban J connectivity index is 1.94. The third-order valence-electron chi connectivity index (χ3n) is 4.64. The van der Waals surface area contributed by atoms with Crippen molar-refractivity contribution in [1.29, 1.82) is 0 Å². The molecule has 0 saturated heterocycles. The van der Waals surface area contributed by atoms with E-state index in [0.29, 0.717) is 18.7 Å². The molecule has 5 nitrogen and oxygen atoms in total. The fraction of sp³-hybridized carbons (Fsp3) is 0.273. The van der Waals surface area contributed by atoms with Crippen molar-refractivity contribution in [3.63, 3.8) is 0 Å². The Morgan fingerprint density at radius 3 is 2.50 bits per heavy atom. The molecule has 0 atom stereocenters. The van der Waals surface area contributed by atoms with Gasteiger partial charge in [-0.1, -0.05) is 36.4 Å². The average Bonchev–Trinajstić information content (AvgIpc) is 3.28. The van der Waals surface area contributed by atoms with Crippen molar-refractivity contribution in [2.24, 2.45) is 0 Å². The summed E-state index contributed by atoms with van der Waals surface area (Å²) < 4.78 is 7.15. The second kappa shape index (κ2) is 8.89. The normalized spacial score (nSPS) is 10.7. The number of carbonyl (C=O) groups is 2. The lowest BCUT2D eigenvalue weighted by atomic mass is 10.1. The van der Waals surface area contributed by atoms with Gasteiger partial charge in [0.15, 0.2) is 0 Å². The molecule has 0 saturated carbocycles. The zero-order valence-electron chi connectivity index (χ0n) is 16.3. The summed E-state index contributed by atoms with van der Waals surface area (Å²) in [5, 5.41) is 4.94. The van der Waals surface area contributed by atoms with Crippen molar-refractivity contribution < 1.29 is 14.3 Å². The second-order valence-electron chi connectivity index (χ2n) is 6.46. The molecule has 3 rings (SSSR count). The smallest absolute Gasteiger partial charge is 0.340 e. The largest absolute Gasteiger partial charge is 0.462 e. The number of rotatable bonds is 7. The Hall–Kier alpha value is -2.86. The molecule has 2 heterocycles. The van der Waals surface area contributed by atoms with E-state index in [9.17, 15) is 9.59 Å². The Kier molecular flexibility index (Phi) is 6.31. The van der Waals surface area contributed by atoms with Crippen molar-refractivity contribution in [2.45, 2.75) is 33.9 Å². The fourth-order valence-corrected chi connectivity index (χ4v) is 4.01. The van der Waals surface area contributed by atoms with Crippen molar-refractivity contribution in [3.8, 4) is 11.3 Å². The van der Waals surface area contributed by atoms with E-state index in [2.05, 4.69) is 5.32 Å². The van der Waals surface area contributed by atoms with Crippen LogP contribution in [-0.2, 0) is 22.6 Å². The minimum absolute atomic E-state index is 0.0981. The Morgan fingerprint density at radius 2 is 1.86 bits per heavy atom. The minimum atomic E-state index is -0.354. The van der Waals surface area contributed by atoms with Crippen LogP contribution in [0, 0.1) is 13.8 Å². The van der Waals surface area contributed by atoms with Crippen molar-refractivity contribution in [1.82, 2.24) is 9.88 Å². The molecular formula is C22H24N2O3S. The predicted octanol–water partition coefficient (Wildman–Crippen LogP) is 4.33. The van der Waals surface area contributed by atoms with Crippen LogP contribution < -0.4 is 5.32 Å². The van der Waals surface area contributed by atoms with E-state index in [-0.39, 0.29) is 18.4 Å². The van der Waals surface area contributed by atoms with E-state index >= 15 is 0 Å². The van der Waals surface area contributed by atoms with Gasteiger partial charge >= 0.3 is 5.97 Å². The van der Waals surface area contributed by atoms with Crippen LogP contribution in [0.5, 0.6) is 0 Å². The van der Waals surface area contributed by atoms with E-state index < -0.39 is 0 Å². The van der Waals surface area contributed by atoms with Gasteiger partial charge in [-0.3, -0.25) is 4.79 Å². The molecule has 2 aromatic heterocycles. The maximum atomic E-state index is 12.6. The molecule has 1 amide bonds. The van der Waals surface area contributed by atoms with Gasteiger partial charge in [0, 0.05) is 10.6 Å². The molecule has 0 aliphatic heterocycles. The third-order valence-corrected chi connectivity index (χ3v) is 5.51. The van der Waals surface area contributed by atoms with E-state index in [1.54, 1.807) is 18.3 Å². The highest BCUT2D eigenvalue weighted by Gasteiger charge is 2.25. The number of nitrogens with zero attached hydrogens (tertiary/aromatic N) is 1. The quantitative estimate of drug-likeness (QED) is 0.605. The number of esters is 1. The molecule has 0 unspecified atom stereocenters. The van der Waals surface area contributed by atoms with Gasteiger partial charge in [0.05, 0.1) is 24.4 Å². The Bertz CT molecular complexity index is 960. The molecule has 0 bridgehead atoms. The Labute approximate surface area is 169 Å². The van der Waals surface area contributed by atoms with Gasteiger partial charge in [0.1, 0.15) is 6.54 Å². The van der Waals surface area contributed by atoms with Gasteiger partial charge in [0.25, 0.3) is 0 Å². The molecule has 0 spiro atoms. The number of carbonyl (C=O) groups excluding carboxylic acids is 2. The number of thiophene rings is 1. The topological polar surface area (TPSA) is 60.3 Å². The summed E-state index contributed by atoms with van der Waals surface area (Å²) in [6.07, 6.45) is 0. The summed E-state index contributed by atoms with van der Waals surface area (Å²) in [6, 6.07) is 13.8. The molecule has 6 heteroatoms. The molecule has 28 heavy (non-hydrogen) atoms. The lowest BCUT2D eigenvalue weighted by molar-refractivity contribution is -0.121. The first-order chi connectivity index (χ1) is 13.5. The van der Waals surface area contributed by atoms with Gasteiger partial charge < -0.3 is 14.6 Å². The molecule has 1 N–H and O–H groups in total. The number of ether oxygens (including phenoxy) is 1. The summed E-state index contributed by atoms with van der Waals surface area (Å²) in [5.41, 5.74) is 3.93. The van der Waals surface area contributed by atoms with Crippen LogP contribution in [0.15, 0.2) is 47.8 Å². The molecular weight excluding hydrogens is 372 g/mol. The molecule has 146 valence electrons. The van der Waals surface area contributed by atoms with Crippen LogP contribution in [0.4, 0.5) is 0 Å². The van der Waals surface area contributed by atoms with E-state index in [1.165, 1.54) is 0 Å². The molecule has 1 aromatic carbocycles. The fourth-order valence-electron chi connectivity index (χ4n) is 3.36. The zero-order valence-corrected chi connectivity index (χ0v) is 17.1. The van der Waals surface area contributed by atoms with Crippen LogP contribution >= 0.6 is 11.3 Å². The summed E-state index contributed by atoms with van der Waals surface area (Å²) >= 11 is 1.61. The maximum Gasteiger partial charge on any atom is 0.340 e. The van der Waals surface area contributed by atoms with Crippen LogP contribution in [0.2, 0.25) is 0 Å². The van der Waals surface area contributed by atoms with Crippen LogP contribution in [-0.4, -0.2) is 23.1 Å². The first-order valence-corrected chi connectivity index (χ1v) is 10.1. The first-order valence-electron chi connectivity index (χ1n) is 9.24. The van der Waals surface area contributed by atoms with Crippen LogP contribution in [0.3, 0.4) is 0 Å². The number of amides is 1. The monoisotopic (exact) mass is 396 g/mol. The lowest BCUT2D eigenvalue weighted by Gasteiger charge is -2.13. The van der Waals surface area contributed by atoms with Crippen LogP contribution in [0.1, 0.15) is 33.4 Å². The highest BCUT2D eigenvalue weighted by atomic mass is 32.1. The average molecular weight is 397 g/mol. The molecule has 0 radical (unpaired) electrons. The summed E-state index contributed by atoms with van der Waals surface area (Å²) in [5.74, 6) is -0.452. The number of hydrogen-bond acceptors (Lipinski definition) is 4. The number of benzene rings is 1. The first kappa shape index (κ1) is 19.9. The highest BCUT2D eigenvalue weighted by molar-refractivity contribution is 7.09. The minimum Gasteiger partial charge on any atom is -0.462 e. The molecule has 0 aliphatic rings. The Morgan fingerprint density at radius 1 is 1.11 bits per heavy atom. The van der Waals surface area contributed by atoms with Crippen molar-refractivity contribution in [3.05, 3.63) is 69.5 Å². The van der Waals surface area contributed by atoms with E-state index in [0.717, 1.165) is 27.4 Å². The predicted molar refractivity (Wildman–Crippen MR) is 111 cm³/mol. The van der Waals surface area contributed by atoms with Gasteiger partial charge in [-0.05, 0) is 43.3 Å². The van der Waals surface area contributed by atoms with Crippen molar-refractivity contribution in [2.75, 3.05) is 6.61 Å². The maximum absolute atomic E-state index is 12.6. The molecule has 0 aliphatic carbocycles. The van der Waals surface area contributed by atoms with E-state index in [1.807, 2.05) is 66.3 Å². The highest BCUT2D eigenvalue weighted by Crippen LogP contribution is 2.31. The summed E-state index contributed by atoms with van der Waals surface area (Å²) in [4.78, 5) is 26.2.